The summed E-state index contributed by atoms with van der Waals surface area (Å²) in [6.07, 6.45) is 2.26. The van der Waals surface area contributed by atoms with E-state index in [4.69, 9.17) is 10.5 Å². The maximum absolute atomic E-state index is 5.90. The lowest BCUT2D eigenvalue weighted by molar-refractivity contribution is 0.0540. The van der Waals surface area contributed by atoms with E-state index in [0.29, 0.717) is 0 Å². The van der Waals surface area contributed by atoms with Crippen LogP contribution in [0.5, 0.6) is 0 Å². The molecule has 88 valence electrons. The van der Waals surface area contributed by atoms with Gasteiger partial charge >= 0.3 is 0 Å². The van der Waals surface area contributed by atoms with Gasteiger partial charge in [0.25, 0.3) is 0 Å². The Morgan fingerprint density at radius 1 is 1.44 bits per heavy atom. The van der Waals surface area contributed by atoms with Crippen molar-refractivity contribution in [3.63, 3.8) is 0 Å². The highest BCUT2D eigenvalue weighted by atomic mass is 16.5. The minimum absolute atomic E-state index is 0.0416. The van der Waals surface area contributed by atoms with Gasteiger partial charge < -0.3 is 15.8 Å². The smallest absolute Gasteiger partial charge is 0.0693 e. The van der Waals surface area contributed by atoms with Crippen LogP contribution in [0.2, 0.25) is 0 Å². The molecule has 1 heterocycles. The van der Waals surface area contributed by atoms with Crippen molar-refractivity contribution in [1.29, 1.82) is 0 Å². The van der Waals surface area contributed by atoms with Crippen molar-refractivity contribution in [2.24, 2.45) is 0 Å². The second-order valence-corrected chi connectivity index (χ2v) is 4.91. The Morgan fingerprint density at radius 2 is 2.25 bits per heavy atom. The van der Waals surface area contributed by atoms with Crippen LogP contribution >= 0.6 is 0 Å². The van der Waals surface area contributed by atoms with E-state index in [2.05, 4.69) is 18.3 Å². The maximum Gasteiger partial charge on any atom is 0.0693 e. The first kappa shape index (κ1) is 11.3. The van der Waals surface area contributed by atoms with E-state index in [-0.39, 0.29) is 5.54 Å². The Balaban J connectivity index is 2.10. The molecule has 1 aromatic carbocycles. The van der Waals surface area contributed by atoms with Gasteiger partial charge in [0.2, 0.25) is 0 Å². The van der Waals surface area contributed by atoms with Crippen molar-refractivity contribution in [1.82, 2.24) is 0 Å². The summed E-state index contributed by atoms with van der Waals surface area (Å²) in [6.45, 7) is 5.86. The fourth-order valence-electron chi connectivity index (χ4n) is 2.10. The largest absolute Gasteiger partial charge is 0.398 e. The highest BCUT2D eigenvalue weighted by molar-refractivity contribution is 5.59. The molecule has 1 aromatic rings. The van der Waals surface area contributed by atoms with Crippen LogP contribution in [0.25, 0.3) is 0 Å². The topological polar surface area (TPSA) is 47.3 Å². The average molecular weight is 220 g/mol. The van der Waals surface area contributed by atoms with Crippen molar-refractivity contribution in [3.8, 4) is 0 Å². The normalized spacial score (nSPS) is 25.4. The zero-order valence-electron chi connectivity index (χ0n) is 10.0. The first-order valence-electron chi connectivity index (χ1n) is 5.81. The van der Waals surface area contributed by atoms with E-state index < -0.39 is 0 Å². The van der Waals surface area contributed by atoms with Gasteiger partial charge in [-0.2, -0.15) is 0 Å². The molecule has 0 aromatic heterocycles. The molecular formula is C13H20N2O. The summed E-state index contributed by atoms with van der Waals surface area (Å²) >= 11 is 0. The van der Waals surface area contributed by atoms with Crippen molar-refractivity contribution in [2.75, 3.05) is 24.3 Å². The van der Waals surface area contributed by atoms with Crippen LogP contribution < -0.4 is 11.1 Å². The summed E-state index contributed by atoms with van der Waals surface area (Å²) in [5, 5.41) is 3.52. The van der Waals surface area contributed by atoms with Crippen LogP contribution in [0, 0.1) is 6.92 Å². The minimum atomic E-state index is 0.0416. The van der Waals surface area contributed by atoms with Crippen molar-refractivity contribution < 1.29 is 4.74 Å². The van der Waals surface area contributed by atoms with Gasteiger partial charge in [-0.05, 0) is 44.4 Å². The van der Waals surface area contributed by atoms with Gasteiger partial charge in [0.05, 0.1) is 12.1 Å². The zero-order chi connectivity index (χ0) is 11.6. The van der Waals surface area contributed by atoms with Crippen LogP contribution in [0.4, 0.5) is 11.4 Å². The number of nitrogens with one attached hydrogen (secondary N) is 1. The fraction of sp³-hybridized carbons (Fsp3) is 0.538. The Morgan fingerprint density at radius 3 is 2.88 bits per heavy atom. The number of nitrogens with two attached hydrogens (primary N) is 1. The molecule has 1 aliphatic rings. The second-order valence-electron chi connectivity index (χ2n) is 4.91. The Kier molecular flexibility index (Phi) is 3.06. The van der Waals surface area contributed by atoms with Gasteiger partial charge in [-0.15, -0.1) is 0 Å². The highest BCUT2D eigenvalue weighted by Gasteiger charge is 2.27. The van der Waals surface area contributed by atoms with Crippen molar-refractivity contribution in [2.45, 2.75) is 32.2 Å². The standard InChI is InChI=1S/C13H20N2O/c1-10-4-5-11(8-12(10)14)15-13(2)6-3-7-16-9-13/h4-5,8,15H,3,6-7,9,14H2,1-2H3. The molecular weight excluding hydrogens is 200 g/mol. The van der Waals surface area contributed by atoms with E-state index >= 15 is 0 Å². The Labute approximate surface area is 97.0 Å². The first-order valence-corrected chi connectivity index (χ1v) is 5.81. The summed E-state index contributed by atoms with van der Waals surface area (Å²) in [7, 11) is 0. The highest BCUT2D eigenvalue weighted by Crippen LogP contribution is 2.25. The monoisotopic (exact) mass is 220 g/mol. The molecule has 0 radical (unpaired) electrons. The summed E-state index contributed by atoms with van der Waals surface area (Å²) in [4.78, 5) is 0. The van der Waals surface area contributed by atoms with Gasteiger partial charge in [-0.25, -0.2) is 0 Å². The van der Waals surface area contributed by atoms with Crippen LogP contribution in [0.1, 0.15) is 25.3 Å². The number of hydrogen-bond acceptors (Lipinski definition) is 3. The SMILES string of the molecule is Cc1ccc(NC2(C)CCCOC2)cc1N. The summed E-state index contributed by atoms with van der Waals surface area (Å²) in [5.41, 5.74) is 8.98. The molecule has 3 N–H and O–H groups in total. The van der Waals surface area contributed by atoms with E-state index in [1.165, 1.54) is 0 Å². The van der Waals surface area contributed by atoms with E-state index in [1.54, 1.807) is 0 Å². The molecule has 0 amide bonds. The predicted octanol–water partition coefficient (Wildman–Crippen LogP) is 2.56. The Hall–Kier alpha value is -1.22. The maximum atomic E-state index is 5.90. The molecule has 1 unspecified atom stereocenters. The van der Waals surface area contributed by atoms with Gasteiger partial charge in [-0.1, -0.05) is 6.07 Å². The van der Waals surface area contributed by atoms with Crippen LogP contribution in [0.15, 0.2) is 18.2 Å². The molecule has 1 aliphatic heterocycles. The van der Waals surface area contributed by atoms with Crippen molar-refractivity contribution >= 4 is 11.4 Å². The third kappa shape index (κ3) is 2.47. The van der Waals surface area contributed by atoms with Crippen LogP contribution in [-0.4, -0.2) is 18.8 Å². The van der Waals surface area contributed by atoms with Crippen LogP contribution in [0.3, 0.4) is 0 Å². The van der Waals surface area contributed by atoms with Crippen molar-refractivity contribution in [3.05, 3.63) is 23.8 Å². The molecule has 2 rings (SSSR count). The molecule has 1 saturated heterocycles. The van der Waals surface area contributed by atoms with Gasteiger partial charge in [0.15, 0.2) is 0 Å². The number of anilines is 2. The molecule has 0 saturated carbocycles. The van der Waals surface area contributed by atoms with Gasteiger partial charge in [0.1, 0.15) is 0 Å². The van der Waals surface area contributed by atoms with E-state index in [0.717, 1.165) is 43.0 Å². The zero-order valence-corrected chi connectivity index (χ0v) is 10.0. The quantitative estimate of drug-likeness (QED) is 0.753. The molecule has 1 fully saturated rings. The number of rotatable bonds is 2. The number of nitrogen functional groups attached to an aromatic ring is 1. The number of benzene rings is 1. The molecule has 3 heteroatoms. The second kappa shape index (κ2) is 4.34. The minimum Gasteiger partial charge on any atom is -0.398 e. The summed E-state index contributed by atoms with van der Waals surface area (Å²) in [5.74, 6) is 0. The average Bonchev–Trinajstić information content (AvgIpc) is 2.24. The molecule has 0 aliphatic carbocycles. The lowest BCUT2D eigenvalue weighted by Gasteiger charge is -2.35. The Bertz CT molecular complexity index is 370. The molecule has 0 spiro atoms. The summed E-state index contributed by atoms with van der Waals surface area (Å²) < 4.78 is 5.52. The molecule has 16 heavy (non-hydrogen) atoms. The lowest BCUT2D eigenvalue weighted by atomic mass is 9.94. The fourth-order valence-corrected chi connectivity index (χ4v) is 2.10. The molecule has 1 atom stereocenters. The van der Waals surface area contributed by atoms with Gasteiger partial charge in [0, 0.05) is 18.0 Å². The first-order chi connectivity index (χ1) is 7.59. The predicted molar refractivity (Wildman–Crippen MR) is 67.7 cm³/mol. The third-order valence-corrected chi connectivity index (χ3v) is 3.16. The third-order valence-electron chi connectivity index (χ3n) is 3.16. The molecule has 0 bridgehead atoms. The van der Waals surface area contributed by atoms with Gasteiger partial charge in [-0.3, -0.25) is 0 Å². The molecule has 3 nitrogen and oxygen atoms in total. The number of hydrogen-bond donors (Lipinski definition) is 2. The summed E-state index contributed by atoms with van der Waals surface area (Å²) in [6, 6.07) is 6.12. The van der Waals surface area contributed by atoms with E-state index in [9.17, 15) is 0 Å². The lowest BCUT2D eigenvalue weighted by Crippen LogP contribution is -2.43. The number of ether oxygens (including phenoxy) is 1. The number of aryl methyl sites for hydroxylation is 1. The van der Waals surface area contributed by atoms with Crippen LogP contribution in [-0.2, 0) is 4.74 Å². The van der Waals surface area contributed by atoms with E-state index in [1.807, 2.05) is 19.1 Å².